The van der Waals surface area contributed by atoms with Crippen LogP contribution in [-0.2, 0) is 0 Å². The van der Waals surface area contributed by atoms with Gasteiger partial charge in [-0.25, -0.2) is 0 Å². The molecule has 1 rings (SSSR count). The average molecular weight is 243 g/mol. The van der Waals surface area contributed by atoms with Crippen LogP contribution in [0, 0.1) is 5.92 Å². The van der Waals surface area contributed by atoms with Crippen molar-refractivity contribution in [2.45, 2.75) is 13.8 Å². The van der Waals surface area contributed by atoms with Crippen molar-refractivity contribution >= 4 is 21.6 Å². The van der Waals surface area contributed by atoms with Crippen LogP contribution in [-0.4, -0.2) is 18.6 Å². The Morgan fingerprint density at radius 3 is 2.69 bits per heavy atom. The molecular formula is C10H15BrN2. The van der Waals surface area contributed by atoms with Gasteiger partial charge in [0.25, 0.3) is 0 Å². The van der Waals surface area contributed by atoms with E-state index in [0.29, 0.717) is 5.92 Å². The van der Waals surface area contributed by atoms with Gasteiger partial charge in [-0.2, -0.15) is 0 Å². The topological polar surface area (TPSA) is 16.1 Å². The largest absolute Gasteiger partial charge is 0.373 e. The van der Waals surface area contributed by atoms with Gasteiger partial charge in [0.05, 0.1) is 11.9 Å². The summed E-state index contributed by atoms with van der Waals surface area (Å²) < 4.78 is 1.03. The summed E-state index contributed by atoms with van der Waals surface area (Å²) in [6.45, 7) is 5.47. The first-order valence-electron chi connectivity index (χ1n) is 4.41. The molecule has 1 aromatic rings. The van der Waals surface area contributed by atoms with E-state index >= 15 is 0 Å². The fourth-order valence-corrected chi connectivity index (χ4v) is 1.62. The Hall–Kier alpha value is -0.570. The van der Waals surface area contributed by atoms with Crippen LogP contribution in [0.3, 0.4) is 0 Å². The number of aromatic nitrogens is 1. The summed E-state index contributed by atoms with van der Waals surface area (Å²) in [4.78, 5) is 6.33. The van der Waals surface area contributed by atoms with E-state index in [2.05, 4.69) is 52.8 Å². The molecule has 0 radical (unpaired) electrons. The van der Waals surface area contributed by atoms with E-state index in [1.165, 1.54) is 0 Å². The highest BCUT2D eigenvalue weighted by atomic mass is 79.9. The minimum atomic E-state index is 0.670. The molecule has 0 spiro atoms. The molecule has 0 bridgehead atoms. The molecule has 0 saturated heterocycles. The second-order valence-electron chi connectivity index (χ2n) is 3.64. The van der Waals surface area contributed by atoms with Crippen LogP contribution in [0.15, 0.2) is 22.9 Å². The predicted octanol–water partition coefficient (Wildman–Crippen LogP) is 2.94. The van der Waals surface area contributed by atoms with Crippen molar-refractivity contribution < 1.29 is 0 Å². The quantitative estimate of drug-likeness (QED) is 0.811. The number of rotatable bonds is 3. The van der Waals surface area contributed by atoms with E-state index in [9.17, 15) is 0 Å². The lowest BCUT2D eigenvalue weighted by molar-refractivity contribution is 0.638. The van der Waals surface area contributed by atoms with Gasteiger partial charge in [0, 0.05) is 24.3 Å². The highest BCUT2D eigenvalue weighted by molar-refractivity contribution is 9.10. The summed E-state index contributed by atoms with van der Waals surface area (Å²) in [6, 6.07) is 2.08. The molecule has 72 valence electrons. The van der Waals surface area contributed by atoms with Crippen molar-refractivity contribution in [1.29, 1.82) is 0 Å². The fraction of sp³-hybridized carbons (Fsp3) is 0.500. The standard InChI is InChI=1S/C10H15BrN2/c1-8(2)7-13(3)10-4-9(11)5-12-6-10/h4-6,8H,7H2,1-3H3. The van der Waals surface area contributed by atoms with Gasteiger partial charge in [0.1, 0.15) is 0 Å². The maximum atomic E-state index is 4.12. The zero-order chi connectivity index (χ0) is 9.84. The number of hydrogen-bond donors (Lipinski definition) is 0. The second-order valence-corrected chi connectivity index (χ2v) is 4.55. The molecule has 0 atom stereocenters. The lowest BCUT2D eigenvalue weighted by atomic mass is 10.2. The molecule has 0 aliphatic heterocycles. The highest BCUT2D eigenvalue weighted by Crippen LogP contribution is 2.17. The summed E-state index contributed by atoms with van der Waals surface area (Å²) in [6.07, 6.45) is 3.68. The van der Waals surface area contributed by atoms with Crippen LogP contribution in [0.5, 0.6) is 0 Å². The SMILES string of the molecule is CC(C)CN(C)c1cncc(Br)c1. The molecule has 1 aromatic heterocycles. The Bertz CT molecular complexity index is 273. The minimum Gasteiger partial charge on any atom is -0.373 e. The Morgan fingerprint density at radius 2 is 2.15 bits per heavy atom. The van der Waals surface area contributed by atoms with Crippen molar-refractivity contribution in [3.8, 4) is 0 Å². The maximum absolute atomic E-state index is 4.12. The van der Waals surface area contributed by atoms with Gasteiger partial charge < -0.3 is 4.90 Å². The molecule has 0 aliphatic rings. The number of nitrogens with zero attached hydrogens (tertiary/aromatic N) is 2. The van der Waals surface area contributed by atoms with Gasteiger partial charge in [-0.1, -0.05) is 13.8 Å². The molecule has 3 heteroatoms. The number of pyridine rings is 1. The third-order valence-corrected chi connectivity index (χ3v) is 2.20. The van der Waals surface area contributed by atoms with Gasteiger partial charge in [0.2, 0.25) is 0 Å². The molecule has 0 amide bonds. The molecule has 13 heavy (non-hydrogen) atoms. The molecule has 0 unspecified atom stereocenters. The summed E-state index contributed by atoms with van der Waals surface area (Å²) >= 11 is 3.41. The van der Waals surface area contributed by atoms with Gasteiger partial charge in [-0.15, -0.1) is 0 Å². The predicted molar refractivity (Wildman–Crippen MR) is 60.0 cm³/mol. The zero-order valence-corrected chi connectivity index (χ0v) is 9.87. The van der Waals surface area contributed by atoms with E-state index in [1.54, 1.807) is 6.20 Å². The lowest BCUT2D eigenvalue weighted by Crippen LogP contribution is -2.22. The number of anilines is 1. The number of halogens is 1. The van der Waals surface area contributed by atoms with Crippen LogP contribution in [0.25, 0.3) is 0 Å². The third kappa shape index (κ3) is 3.35. The Morgan fingerprint density at radius 1 is 1.46 bits per heavy atom. The lowest BCUT2D eigenvalue weighted by Gasteiger charge is -2.21. The molecule has 0 saturated carbocycles. The first-order valence-corrected chi connectivity index (χ1v) is 5.20. The van der Waals surface area contributed by atoms with Crippen LogP contribution in [0.4, 0.5) is 5.69 Å². The molecule has 1 heterocycles. The van der Waals surface area contributed by atoms with E-state index in [4.69, 9.17) is 0 Å². The smallest absolute Gasteiger partial charge is 0.0561 e. The van der Waals surface area contributed by atoms with Crippen molar-refractivity contribution in [3.05, 3.63) is 22.9 Å². The van der Waals surface area contributed by atoms with E-state index in [-0.39, 0.29) is 0 Å². The first-order chi connectivity index (χ1) is 6.09. The molecule has 0 aromatic carbocycles. The third-order valence-electron chi connectivity index (χ3n) is 1.77. The zero-order valence-electron chi connectivity index (χ0n) is 8.29. The van der Waals surface area contributed by atoms with Crippen molar-refractivity contribution in [2.75, 3.05) is 18.5 Å². The van der Waals surface area contributed by atoms with Gasteiger partial charge in [0.15, 0.2) is 0 Å². The second kappa shape index (κ2) is 4.61. The van der Waals surface area contributed by atoms with E-state index in [1.807, 2.05) is 6.20 Å². The van der Waals surface area contributed by atoms with Gasteiger partial charge >= 0.3 is 0 Å². The maximum Gasteiger partial charge on any atom is 0.0561 e. The first kappa shape index (κ1) is 10.5. The Balaban J connectivity index is 2.71. The normalized spacial score (nSPS) is 10.5. The van der Waals surface area contributed by atoms with E-state index < -0.39 is 0 Å². The average Bonchev–Trinajstić information content (AvgIpc) is 2.03. The van der Waals surface area contributed by atoms with Crippen LogP contribution in [0.1, 0.15) is 13.8 Å². The van der Waals surface area contributed by atoms with Crippen LogP contribution < -0.4 is 4.90 Å². The molecule has 2 nitrogen and oxygen atoms in total. The Kier molecular flexibility index (Phi) is 3.72. The summed E-state index contributed by atoms with van der Waals surface area (Å²) in [7, 11) is 2.09. The van der Waals surface area contributed by atoms with Crippen molar-refractivity contribution in [2.24, 2.45) is 5.92 Å². The Labute approximate surface area is 88.1 Å². The highest BCUT2D eigenvalue weighted by Gasteiger charge is 2.03. The molecular weight excluding hydrogens is 228 g/mol. The minimum absolute atomic E-state index is 0.670. The van der Waals surface area contributed by atoms with Gasteiger partial charge in [-0.05, 0) is 27.9 Å². The van der Waals surface area contributed by atoms with Crippen LogP contribution >= 0.6 is 15.9 Å². The molecule has 0 fully saturated rings. The van der Waals surface area contributed by atoms with Gasteiger partial charge in [-0.3, -0.25) is 4.98 Å². The fourth-order valence-electron chi connectivity index (χ4n) is 1.26. The van der Waals surface area contributed by atoms with Crippen molar-refractivity contribution in [1.82, 2.24) is 4.98 Å². The monoisotopic (exact) mass is 242 g/mol. The number of hydrogen-bond acceptors (Lipinski definition) is 2. The summed E-state index contributed by atoms with van der Waals surface area (Å²) in [5, 5.41) is 0. The molecule has 0 aliphatic carbocycles. The summed E-state index contributed by atoms with van der Waals surface area (Å²) in [5.41, 5.74) is 1.16. The van der Waals surface area contributed by atoms with E-state index in [0.717, 1.165) is 16.7 Å². The molecule has 0 N–H and O–H groups in total. The van der Waals surface area contributed by atoms with Crippen molar-refractivity contribution in [3.63, 3.8) is 0 Å². The summed E-state index contributed by atoms with van der Waals surface area (Å²) in [5.74, 6) is 0.670. The van der Waals surface area contributed by atoms with Crippen LogP contribution in [0.2, 0.25) is 0 Å².